The first-order chi connectivity index (χ1) is 9.65. The number of thiazole rings is 1. The van der Waals surface area contributed by atoms with Crippen LogP contribution in [0.5, 0.6) is 0 Å². The van der Waals surface area contributed by atoms with E-state index in [9.17, 15) is 4.39 Å². The van der Waals surface area contributed by atoms with E-state index in [2.05, 4.69) is 20.9 Å². The maximum Gasteiger partial charge on any atom is 0.126 e. The Morgan fingerprint density at radius 3 is 2.70 bits per heavy atom. The molecule has 1 nitrogen and oxygen atoms in total. The lowest BCUT2D eigenvalue weighted by atomic mass is 10.1. The molecule has 3 rings (SSSR count). The van der Waals surface area contributed by atoms with Gasteiger partial charge >= 0.3 is 0 Å². The van der Waals surface area contributed by atoms with Gasteiger partial charge in [-0.05, 0) is 24.6 Å². The Hall–Kier alpha value is -1.52. The quantitative estimate of drug-likeness (QED) is 0.580. The largest absolute Gasteiger partial charge is 0.236 e. The Bertz CT molecular complexity index is 767. The Morgan fingerprint density at radius 1 is 1.15 bits per heavy atom. The first-order valence-corrected chi connectivity index (χ1v) is 7.79. The van der Waals surface area contributed by atoms with Crippen molar-refractivity contribution < 1.29 is 4.39 Å². The number of aromatic nitrogens is 1. The molecule has 0 radical (unpaired) electrons. The minimum Gasteiger partial charge on any atom is -0.236 e. The highest BCUT2D eigenvalue weighted by Gasteiger charge is 2.10. The summed E-state index contributed by atoms with van der Waals surface area (Å²) in [4.78, 5) is 4.60. The molecule has 2 aromatic carbocycles. The van der Waals surface area contributed by atoms with E-state index in [4.69, 9.17) is 0 Å². The number of hydrogen-bond acceptors (Lipinski definition) is 2. The van der Waals surface area contributed by atoms with Gasteiger partial charge in [0.1, 0.15) is 10.8 Å². The molecule has 0 saturated heterocycles. The molecule has 0 unspecified atom stereocenters. The van der Waals surface area contributed by atoms with Crippen molar-refractivity contribution in [3.63, 3.8) is 0 Å². The summed E-state index contributed by atoms with van der Waals surface area (Å²) in [5.41, 5.74) is 3.41. The third-order valence-electron chi connectivity index (χ3n) is 3.07. The molecular weight excluding hydrogens is 337 g/mol. The topological polar surface area (TPSA) is 12.9 Å². The molecule has 0 saturated carbocycles. The van der Waals surface area contributed by atoms with Crippen molar-refractivity contribution in [1.82, 2.24) is 4.98 Å². The van der Waals surface area contributed by atoms with Crippen molar-refractivity contribution >= 4 is 27.3 Å². The molecule has 100 valence electrons. The third-order valence-corrected chi connectivity index (χ3v) is 4.66. The SMILES string of the molecule is Cc1ccc(-c2nc(-c3ccccc3Br)cs2)cc1F. The van der Waals surface area contributed by atoms with Crippen molar-refractivity contribution in [2.24, 2.45) is 0 Å². The number of nitrogens with zero attached hydrogens (tertiary/aromatic N) is 1. The Labute approximate surface area is 129 Å². The molecule has 1 aromatic heterocycles. The molecule has 3 aromatic rings. The van der Waals surface area contributed by atoms with Crippen LogP contribution in [0.15, 0.2) is 52.3 Å². The molecule has 0 spiro atoms. The number of rotatable bonds is 2. The minimum atomic E-state index is -0.194. The standard InChI is InChI=1S/C16H11BrFNS/c1-10-6-7-11(8-14(10)18)16-19-15(9-20-16)12-4-2-3-5-13(12)17/h2-9H,1H3. The van der Waals surface area contributed by atoms with Crippen LogP contribution in [0.4, 0.5) is 4.39 Å². The van der Waals surface area contributed by atoms with Crippen molar-refractivity contribution in [1.29, 1.82) is 0 Å². The summed E-state index contributed by atoms with van der Waals surface area (Å²) < 4.78 is 14.6. The molecule has 0 aliphatic carbocycles. The summed E-state index contributed by atoms with van der Waals surface area (Å²) in [7, 11) is 0. The number of hydrogen-bond donors (Lipinski definition) is 0. The molecule has 20 heavy (non-hydrogen) atoms. The van der Waals surface area contributed by atoms with Crippen molar-refractivity contribution in [3.05, 3.63) is 63.7 Å². The molecule has 0 N–H and O–H groups in total. The smallest absolute Gasteiger partial charge is 0.126 e. The normalized spacial score (nSPS) is 10.8. The summed E-state index contributed by atoms with van der Waals surface area (Å²) in [5.74, 6) is -0.194. The van der Waals surface area contributed by atoms with Crippen molar-refractivity contribution in [2.45, 2.75) is 6.92 Å². The highest BCUT2D eigenvalue weighted by Crippen LogP contribution is 2.32. The summed E-state index contributed by atoms with van der Waals surface area (Å²) in [6.45, 7) is 1.76. The first-order valence-electron chi connectivity index (χ1n) is 6.12. The number of halogens is 2. The number of benzene rings is 2. The van der Waals surface area contributed by atoms with Gasteiger partial charge in [0.15, 0.2) is 0 Å². The van der Waals surface area contributed by atoms with Gasteiger partial charge in [-0.25, -0.2) is 9.37 Å². The monoisotopic (exact) mass is 347 g/mol. The fourth-order valence-corrected chi connectivity index (χ4v) is 3.23. The Morgan fingerprint density at radius 2 is 1.95 bits per heavy atom. The van der Waals surface area contributed by atoms with Gasteiger partial charge in [-0.3, -0.25) is 0 Å². The van der Waals surface area contributed by atoms with E-state index in [1.54, 1.807) is 13.0 Å². The second-order valence-electron chi connectivity index (χ2n) is 4.48. The van der Waals surface area contributed by atoms with E-state index in [0.29, 0.717) is 5.56 Å². The zero-order valence-corrected chi connectivity index (χ0v) is 13.1. The van der Waals surface area contributed by atoms with Crippen LogP contribution in [0.1, 0.15) is 5.56 Å². The molecule has 0 aliphatic heterocycles. The zero-order valence-electron chi connectivity index (χ0n) is 10.7. The van der Waals surface area contributed by atoms with Crippen LogP contribution in [0, 0.1) is 12.7 Å². The van der Waals surface area contributed by atoms with E-state index in [1.165, 1.54) is 17.4 Å². The highest BCUT2D eigenvalue weighted by atomic mass is 79.9. The lowest BCUT2D eigenvalue weighted by molar-refractivity contribution is 0.619. The van der Waals surface area contributed by atoms with Crippen LogP contribution in [0.3, 0.4) is 0 Å². The van der Waals surface area contributed by atoms with Gasteiger partial charge in [-0.15, -0.1) is 11.3 Å². The van der Waals surface area contributed by atoms with Crippen LogP contribution in [-0.4, -0.2) is 4.98 Å². The van der Waals surface area contributed by atoms with Crippen LogP contribution in [-0.2, 0) is 0 Å². The lowest BCUT2D eigenvalue weighted by Crippen LogP contribution is -1.84. The van der Waals surface area contributed by atoms with Crippen LogP contribution in [0.2, 0.25) is 0 Å². The zero-order chi connectivity index (χ0) is 14.1. The molecule has 0 aliphatic rings. The fraction of sp³-hybridized carbons (Fsp3) is 0.0625. The maximum absolute atomic E-state index is 13.6. The van der Waals surface area contributed by atoms with E-state index < -0.39 is 0 Å². The van der Waals surface area contributed by atoms with Gasteiger partial charge in [-0.2, -0.15) is 0 Å². The molecule has 1 heterocycles. The van der Waals surface area contributed by atoms with Crippen molar-refractivity contribution in [3.8, 4) is 21.8 Å². The minimum absolute atomic E-state index is 0.194. The maximum atomic E-state index is 13.6. The molecular formula is C16H11BrFNS. The van der Waals surface area contributed by atoms with Crippen LogP contribution >= 0.6 is 27.3 Å². The van der Waals surface area contributed by atoms with E-state index >= 15 is 0 Å². The van der Waals surface area contributed by atoms with Gasteiger partial charge in [0, 0.05) is 21.0 Å². The van der Waals surface area contributed by atoms with Gasteiger partial charge in [-0.1, -0.05) is 46.3 Å². The first kappa shape index (κ1) is 13.5. The Balaban J connectivity index is 2.02. The summed E-state index contributed by atoms with van der Waals surface area (Å²) in [6.07, 6.45) is 0. The molecule has 0 atom stereocenters. The van der Waals surface area contributed by atoms with E-state index in [-0.39, 0.29) is 5.82 Å². The van der Waals surface area contributed by atoms with E-state index in [1.807, 2.05) is 35.7 Å². The highest BCUT2D eigenvalue weighted by molar-refractivity contribution is 9.10. The lowest BCUT2D eigenvalue weighted by Gasteiger charge is -2.01. The molecule has 0 amide bonds. The van der Waals surface area contributed by atoms with Gasteiger partial charge in [0.25, 0.3) is 0 Å². The van der Waals surface area contributed by atoms with Gasteiger partial charge in [0.2, 0.25) is 0 Å². The summed E-state index contributed by atoms with van der Waals surface area (Å²) in [6, 6.07) is 13.2. The summed E-state index contributed by atoms with van der Waals surface area (Å²) >= 11 is 5.05. The molecule has 4 heteroatoms. The second kappa shape index (κ2) is 5.46. The van der Waals surface area contributed by atoms with Gasteiger partial charge < -0.3 is 0 Å². The van der Waals surface area contributed by atoms with Crippen molar-refractivity contribution in [2.75, 3.05) is 0 Å². The van der Waals surface area contributed by atoms with Gasteiger partial charge in [0.05, 0.1) is 5.69 Å². The predicted molar refractivity (Wildman–Crippen MR) is 85.4 cm³/mol. The fourth-order valence-electron chi connectivity index (χ4n) is 1.92. The number of aryl methyl sites for hydroxylation is 1. The van der Waals surface area contributed by atoms with Crippen LogP contribution in [0.25, 0.3) is 21.8 Å². The van der Waals surface area contributed by atoms with Crippen LogP contribution < -0.4 is 0 Å². The molecule has 0 fully saturated rings. The third kappa shape index (κ3) is 2.53. The predicted octanol–water partition coefficient (Wildman–Crippen LogP) is 5.69. The molecule has 0 bridgehead atoms. The average molecular weight is 348 g/mol. The Kier molecular flexibility index (Phi) is 3.68. The van der Waals surface area contributed by atoms with E-state index in [0.717, 1.165) is 26.3 Å². The second-order valence-corrected chi connectivity index (χ2v) is 6.19. The average Bonchev–Trinajstić information content (AvgIpc) is 2.92. The summed E-state index contributed by atoms with van der Waals surface area (Å²) in [5, 5.41) is 2.82.